The summed E-state index contributed by atoms with van der Waals surface area (Å²) in [5.41, 5.74) is 1.30. The molecule has 8 heteroatoms. The molecule has 0 radical (unpaired) electrons. The third kappa shape index (κ3) is 5.68. The van der Waals surface area contributed by atoms with E-state index < -0.39 is 10.0 Å². The molecule has 1 saturated heterocycles. The summed E-state index contributed by atoms with van der Waals surface area (Å²) in [6.07, 6.45) is 3.79. The second kappa shape index (κ2) is 10.9. The molecule has 3 rings (SSSR count). The molecule has 0 aromatic heterocycles. The SMILES string of the molecule is COc1ccc(S(=O)(=O)N2CCCCCC2)cc1C(=O)NC[C@H](c1ccccc1)N(C)C. The molecular weight excluding hydrogens is 426 g/mol. The highest BCUT2D eigenvalue weighted by Crippen LogP contribution is 2.26. The lowest BCUT2D eigenvalue weighted by molar-refractivity contribution is 0.0938. The molecule has 0 saturated carbocycles. The number of benzene rings is 2. The molecule has 174 valence electrons. The van der Waals surface area contributed by atoms with Gasteiger partial charge in [-0.2, -0.15) is 4.31 Å². The van der Waals surface area contributed by atoms with E-state index in [0.29, 0.717) is 25.4 Å². The number of hydrogen-bond acceptors (Lipinski definition) is 5. The van der Waals surface area contributed by atoms with Crippen LogP contribution in [-0.4, -0.2) is 64.4 Å². The van der Waals surface area contributed by atoms with Crippen molar-refractivity contribution in [2.75, 3.05) is 40.8 Å². The number of methoxy groups -OCH3 is 1. The summed E-state index contributed by atoms with van der Waals surface area (Å²) in [4.78, 5) is 15.2. The number of likely N-dealkylation sites (N-methyl/N-ethyl adjacent to an activating group) is 1. The normalized spacial score (nSPS) is 16.4. The van der Waals surface area contributed by atoms with E-state index in [1.807, 2.05) is 49.3 Å². The quantitative estimate of drug-likeness (QED) is 0.655. The van der Waals surface area contributed by atoms with Crippen LogP contribution in [0.5, 0.6) is 5.75 Å². The number of hydrogen-bond donors (Lipinski definition) is 1. The van der Waals surface area contributed by atoms with Crippen molar-refractivity contribution in [3.05, 3.63) is 59.7 Å². The molecule has 0 spiro atoms. The van der Waals surface area contributed by atoms with Crippen LogP contribution >= 0.6 is 0 Å². The molecule has 1 aliphatic heterocycles. The molecule has 0 bridgehead atoms. The van der Waals surface area contributed by atoms with Crippen molar-refractivity contribution in [1.82, 2.24) is 14.5 Å². The molecule has 2 aromatic rings. The van der Waals surface area contributed by atoms with E-state index in [1.54, 1.807) is 6.07 Å². The van der Waals surface area contributed by atoms with Crippen LogP contribution in [0.3, 0.4) is 0 Å². The highest BCUT2D eigenvalue weighted by molar-refractivity contribution is 7.89. The Morgan fingerprint density at radius 2 is 1.72 bits per heavy atom. The fourth-order valence-corrected chi connectivity index (χ4v) is 5.56. The molecule has 1 N–H and O–H groups in total. The van der Waals surface area contributed by atoms with E-state index in [1.165, 1.54) is 23.5 Å². The minimum atomic E-state index is -3.66. The maximum atomic E-state index is 13.2. The highest BCUT2D eigenvalue weighted by atomic mass is 32.2. The second-order valence-corrected chi connectivity index (χ2v) is 10.2. The second-order valence-electron chi connectivity index (χ2n) is 8.28. The smallest absolute Gasteiger partial charge is 0.255 e. The van der Waals surface area contributed by atoms with E-state index in [4.69, 9.17) is 4.74 Å². The van der Waals surface area contributed by atoms with Gasteiger partial charge >= 0.3 is 0 Å². The van der Waals surface area contributed by atoms with Crippen molar-refractivity contribution in [3.8, 4) is 5.75 Å². The van der Waals surface area contributed by atoms with E-state index in [-0.39, 0.29) is 22.4 Å². The van der Waals surface area contributed by atoms with Crippen LogP contribution in [0.1, 0.15) is 47.6 Å². The molecule has 32 heavy (non-hydrogen) atoms. The Hall–Kier alpha value is -2.42. The minimum Gasteiger partial charge on any atom is -0.496 e. The van der Waals surface area contributed by atoms with Crippen LogP contribution in [0.4, 0.5) is 0 Å². The van der Waals surface area contributed by atoms with Gasteiger partial charge in [0.05, 0.1) is 23.6 Å². The maximum Gasteiger partial charge on any atom is 0.255 e. The summed E-state index contributed by atoms with van der Waals surface area (Å²) in [6, 6.07) is 14.4. The number of ether oxygens (including phenoxy) is 1. The van der Waals surface area contributed by atoms with Gasteiger partial charge in [0.15, 0.2) is 0 Å². The van der Waals surface area contributed by atoms with Gasteiger partial charge in [-0.15, -0.1) is 0 Å². The van der Waals surface area contributed by atoms with Crippen molar-refractivity contribution in [2.24, 2.45) is 0 Å². The Balaban J connectivity index is 1.82. The number of carbonyl (C=O) groups excluding carboxylic acids is 1. The van der Waals surface area contributed by atoms with Gasteiger partial charge in [-0.1, -0.05) is 43.2 Å². The van der Waals surface area contributed by atoms with Crippen molar-refractivity contribution in [2.45, 2.75) is 36.6 Å². The molecule has 1 heterocycles. The predicted molar refractivity (Wildman–Crippen MR) is 125 cm³/mol. The minimum absolute atomic E-state index is 0.0184. The van der Waals surface area contributed by atoms with E-state index in [2.05, 4.69) is 5.32 Å². The van der Waals surface area contributed by atoms with E-state index >= 15 is 0 Å². The van der Waals surface area contributed by atoms with Crippen LogP contribution in [0.25, 0.3) is 0 Å². The first kappa shape index (κ1) is 24.2. The van der Waals surface area contributed by atoms with Crippen molar-refractivity contribution in [1.29, 1.82) is 0 Å². The van der Waals surface area contributed by atoms with Crippen LogP contribution in [-0.2, 0) is 10.0 Å². The molecule has 1 atom stereocenters. The van der Waals surface area contributed by atoms with Crippen molar-refractivity contribution in [3.63, 3.8) is 0 Å². The third-order valence-corrected chi connectivity index (χ3v) is 7.78. The van der Waals surface area contributed by atoms with Crippen LogP contribution in [0, 0.1) is 0 Å². The van der Waals surface area contributed by atoms with Crippen molar-refractivity contribution < 1.29 is 17.9 Å². The molecule has 1 fully saturated rings. The average molecular weight is 460 g/mol. The third-order valence-electron chi connectivity index (χ3n) is 5.88. The number of sulfonamides is 1. The topological polar surface area (TPSA) is 79.0 Å². The molecule has 0 unspecified atom stereocenters. The first-order chi connectivity index (χ1) is 15.3. The summed E-state index contributed by atoms with van der Waals surface area (Å²) in [5, 5.41) is 2.95. The van der Waals surface area contributed by atoms with Gasteiger partial charge in [0.25, 0.3) is 5.91 Å². The van der Waals surface area contributed by atoms with E-state index in [0.717, 1.165) is 31.2 Å². The number of carbonyl (C=O) groups is 1. The predicted octanol–water partition coefficient (Wildman–Crippen LogP) is 3.29. The first-order valence-electron chi connectivity index (χ1n) is 11.0. The zero-order valence-corrected chi connectivity index (χ0v) is 19.9. The molecule has 1 aliphatic rings. The highest BCUT2D eigenvalue weighted by Gasteiger charge is 2.27. The van der Waals surface area contributed by atoms with Gasteiger partial charge in [0.2, 0.25) is 10.0 Å². The number of amides is 1. The van der Waals surface area contributed by atoms with Gasteiger partial charge in [-0.05, 0) is 50.7 Å². The molecule has 1 amide bonds. The molecular formula is C24H33N3O4S. The standard InChI is InChI=1S/C24H33N3O4S/c1-26(2)22(19-11-7-6-8-12-19)18-25-24(28)21-17-20(13-14-23(21)31-3)32(29,30)27-15-9-4-5-10-16-27/h6-8,11-14,17,22H,4-5,9-10,15-16,18H2,1-3H3,(H,25,28)/t22-/m1/s1. The Labute approximate surface area is 191 Å². The zero-order chi connectivity index (χ0) is 23.1. The Kier molecular flexibility index (Phi) is 8.28. The molecule has 0 aliphatic carbocycles. The van der Waals surface area contributed by atoms with Crippen LogP contribution in [0.2, 0.25) is 0 Å². The maximum absolute atomic E-state index is 13.2. The Morgan fingerprint density at radius 1 is 1.06 bits per heavy atom. The van der Waals surface area contributed by atoms with Crippen LogP contribution in [0.15, 0.2) is 53.4 Å². The molecule has 2 aromatic carbocycles. The van der Waals surface area contributed by atoms with Gasteiger partial charge in [-0.3, -0.25) is 4.79 Å². The van der Waals surface area contributed by atoms with Gasteiger partial charge < -0.3 is 15.0 Å². The number of nitrogens with zero attached hydrogens (tertiary/aromatic N) is 2. The Morgan fingerprint density at radius 3 is 2.31 bits per heavy atom. The first-order valence-corrected chi connectivity index (χ1v) is 12.5. The fraction of sp³-hybridized carbons (Fsp3) is 0.458. The summed E-state index contributed by atoms with van der Waals surface area (Å²) in [6.45, 7) is 1.40. The summed E-state index contributed by atoms with van der Waals surface area (Å²) >= 11 is 0. The number of rotatable bonds is 8. The van der Waals surface area contributed by atoms with Gasteiger partial charge in [0, 0.05) is 19.6 Å². The summed E-state index contributed by atoms with van der Waals surface area (Å²) in [5.74, 6) is -0.0176. The zero-order valence-electron chi connectivity index (χ0n) is 19.1. The fourth-order valence-electron chi connectivity index (χ4n) is 4.01. The monoisotopic (exact) mass is 459 g/mol. The largest absolute Gasteiger partial charge is 0.496 e. The Bertz CT molecular complexity index is 1000. The lowest BCUT2D eigenvalue weighted by Gasteiger charge is -2.25. The lowest BCUT2D eigenvalue weighted by atomic mass is 10.1. The van der Waals surface area contributed by atoms with E-state index in [9.17, 15) is 13.2 Å². The van der Waals surface area contributed by atoms with Gasteiger partial charge in [0.1, 0.15) is 5.75 Å². The summed E-state index contributed by atoms with van der Waals surface area (Å²) in [7, 11) is 1.72. The lowest BCUT2D eigenvalue weighted by Crippen LogP contribution is -2.35. The number of nitrogens with one attached hydrogen (secondary N) is 1. The molecule has 7 nitrogen and oxygen atoms in total. The van der Waals surface area contributed by atoms with Gasteiger partial charge in [-0.25, -0.2) is 8.42 Å². The van der Waals surface area contributed by atoms with Crippen molar-refractivity contribution >= 4 is 15.9 Å². The summed E-state index contributed by atoms with van der Waals surface area (Å²) < 4.78 is 33.3. The average Bonchev–Trinajstić information content (AvgIpc) is 3.09. The van der Waals surface area contributed by atoms with Crippen LogP contribution < -0.4 is 10.1 Å².